The zero-order chi connectivity index (χ0) is 16.9. The van der Waals surface area contributed by atoms with E-state index in [2.05, 4.69) is 25.8 Å². The van der Waals surface area contributed by atoms with Crippen molar-refractivity contribution in [2.24, 2.45) is 0 Å². The topological polar surface area (TPSA) is 94.8 Å². The van der Waals surface area contributed by atoms with E-state index in [-0.39, 0.29) is 12.5 Å². The number of tetrazole rings is 1. The number of nitrogens with one attached hydrogen (secondary N) is 1. The number of carbonyl (C=O) groups excluding carboxylic acids is 1. The number of anilines is 1. The number of amides is 1. The van der Waals surface area contributed by atoms with Crippen LogP contribution in [0.1, 0.15) is 11.1 Å². The van der Waals surface area contributed by atoms with Gasteiger partial charge in [0.25, 0.3) is 0 Å². The van der Waals surface area contributed by atoms with Crippen LogP contribution >= 0.6 is 0 Å². The number of ether oxygens (including phenoxy) is 1. The average molecular weight is 324 g/mol. The van der Waals surface area contributed by atoms with E-state index in [9.17, 15) is 4.79 Å². The molecule has 0 atom stereocenters. The minimum absolute atomic E-state index is 0.00477. The zero-order valence-corrected chi connectivity index (χ0v) is 13.3. The second-order valence-corrected chi connectivity index (χ2v) is 5.21. The molecule has 2 aromatic heterocycles. The fraction of sp³-hybridized carbons (Fsp3) is 0.188. The molecule has 0 radical (unpaired) electrons. The lowest BCUT2D eigenvalue weighted by Gasteiger charge is -2.13. The molecule has 1 amide bonds. The van der Waals surface area contributed by atoms with Crippen LogP contribution in [-0.4, -0.2) is 31.1 Å². The first-order valence-corrected chi connectivity index (χ1v) is 7.33. The van der Waals surface area contributed by atoms with Crippen LogP contribution in [0, 0.1) is 13.8 Å². The average Bonchev–Trinajstić information content (AvgIpc) is 3.06. The lowest BCUT2D eigenvalue weighted by atomic mass is 10.1. The number of carbonyl (C=O) groups is 1. The number of pyridine rings is 1. The van der Waals surface area contributed by atoms with Gasteiger partial charge in [-0.3, -0.25) is 4.79 Å². The van der Waals surface area contributed by atoms with Gasteiger partial charge in [-0.15, -0.1) is 5.10 Å². The van der Waals surface area contributed by atoms with Gasteiger partial charge in [-0.25, -0.2) is 9.67 Å². The number of benzene rings is 1. The number of hydrogen-bond acceptors (Lipinski definition) is 6. The van der Waals surface area contributed by atoms with Crippen molar-refractivity contribution in [1.82, 2.24) is 25.2 Å². The van der Waals surface area contributed by atoms with E-state index < -0.39 is 0 Å². The van der Waals surface area contributed by atoms with Gasteiger partial charge in [-0.1, -0.05) is 12.1 Å². The maximum Gasteiger partial charge on any atom is 0.246 e. The maximum absolute atomic E-state index is 12.1. The van der Waals surface area contributed by atoms with Gasteiger partial charge in [0.2, 0.25) is 11.8 Å². The van der Waals surface area contributed by atoms with E-state index in [0.717, 1.165) is 11.1 Å². The first-order chi connectivity index (χ1) is 11.6. The number of nitrogens with zero attached hydrogens (tertiary/aromatic N) is 5. The Morgan fingerprint density at radius 2 is 2.12 bits per heavy atom. The van der Waals surface area contributed by atoms with Gasteiger partial charge in [-0.2, -0.15) is 0 Å². The highest BCUT2D eigenvalue weighted by molar-refractivity contribution is 5.91. The van der Waals surface area contributed by atoms with Crippen molar-refractivity contribution in [2.45, 2.75) is 20.4 Å². The maximum atomic E-state index is 12.1. The molecule has 0 fully saturated rings. The molecule has 3 rings (SSSR count). The molecule has 0 saturated carbocycles. The van der Waals surface area contributed by atoms with Gasteiger partial charge < -0.3 is 10.1 Å². The standard InChI is InChI=1S/C16H16N6O2/c1-11-5-3-7-14(12(11)2)24-16-13(6-4-8-17-16)19-15(23)9-22-10-18-20-21-22/h3-8,10H,9H2,1-2H3,(H,19,23). The van der Waals surface area contributed by atoms with Crippen LogP contribution in [0.3, 0.4) is 0 Å². The number of hydrogen-bond donors (Lipinski definition) is 1. The van der Waals surface area contributed by atoms with Gasteiger partial charge in [0.05, 0.1) is 0 Å². The predicted octanol–water partition coefficient (Wildman–Crippen LogP) is 2.12. The van der Waals surface area contributed by atoms with Gasteiger partial charge in [0.1, 0.15) is 24.3 Å². The van der Waals surface area contributed by atoms with Gasteiger partial charge in [0, 0.05) is 6.20 Å². The number of aryl methyl sites for hydroxylation is 1. The summed E-state index contributed by atoms with van der Waals surface area (Å²) >= 11 is 0. The third-order valence-electron chi connectivity index (χ3n) is 3.50. The highest BCUT2D eigenvalue weighted by Gasteiger charge is 2.12. The van der Waals surface area contributed by atoms with E-state index in [1.54, 1.807) is 18.3 Å². The van der Waals surface area contributed by atoms with E-state index in [1.807, 2.05) is 32.0 Å². The first kappa shape index (κ1) is 15.6. The second-order valence-electron chi connectivity index (χ2n) is 5.21. The fourth-order valence-corrected chi connectivity index (χ4v) is 2.10. The molecule has 1 N–H and O–H groups in total. The Bertz CT molecular complexity index is 848. The highest BCUT2D eigenvalue weighted by atomic mass is 16.5. The van der Waals surface area contributed by atoms with Crippen molar-refractivity contribution in [3.05, 3.63) is 54.0 Å². The molecule has 3 aromatic rings. The summed E-state index contributed by atoms with van der Waals surface area (Å²) in [6, 6.07) is 9.24. The fourth-order valence-electron chi connectivity index (χ4n) is 2.10. The van der Waals surface area contributed by atoms with Gasteiger partial charge in [-0.05, 0) is 53.6 Å². The third-order valence-corrected chi connectivity index (χ3v) is 3.50. The van der Waals surface area contributed by atoms with Crippen LogP contribution < -0.4 is 10.1 Å². The van der Waals surface area contributed by atoms with Crippen LogP contribution in [0.25, 0.3) is 0 Å². The summed E-state index contributed by atoms with van der Waals surface area (Å²) in [5.74, 6) is 0.752. The first-order valence-electron chi connectivity index (χ1n) is 7.33. The van der Waals surface area contributed by atoms with Crippen molar-refractivity contribution >= 4 is 11.6 Å². The lowest BCUT2D eigenvalue weighted by molar-refractivity contribution is -0.116. The van der Waals surface area contributed by atoms with Gasteiger partial charge >= 0.3 is 0 Å². The smallest absolute Gasteiger partial charge is 0.246 e. The lowest BCUT2D eigenvalue weighted by Crippen LogP contribution is -2.19. The van der Waals surface area contributed by atoms with Crippen LogP contribution in [0.2, 0.25) is 0 Å². The van der Waals surface area contributed by atoms with Crippen molar-refractivity contribution < 1.29 is 9.53 Å². The predicted molar refractivity (Wildman–Crippen MR) is 86.7 cm³/mol. The van der Waals surface area contributed by atoms with E-state index >= 15 is 0 Å². The molecule has 8 heteroatoms. The summed E-state index contributed by atoms with van der Waals surface area (Å²) in [4.78, 5) is 16.3. The van der Waals surface area contributed by atoms with Crippen LogP contribution in [-0.2, 0) is 11.3 Å². The Balaban J connectivity index is 1.78. The Labute approximate surface area is 138 Å². The molecule has 0 spiro atoms. The number of aromatic nitrogens is 5. The Morgan fingerprint density at radius 3 is 2.92 bits per heavy atom. The molecule has 2 heterocycles. The largest absolute Gasteiger partial charge is 0.437 e. The molecule has 0 aliphatic carbocycles. The summed E-state index contributed by atoms with van der Waals surface area (Å²) in [5.41, 5.74) is 2.62. The Kier molecular flexibility index (Phi) is 4.46. The van der Waals surface area contributed by atoms with E-state index in [0.29, 0.717) is 17.3 Å². The third kappa shape index (κ3) is 3.54. The van der Waals surface area contributed by atoms with Crippen molar-refractivity contribution in [3.8, 4) is 11.6 Å². The Morgan fingerprint density at radius 1 is 1.25 bits per heavy atom. The van der Waals surface area contributed by atoms with E-state index in [1.165, 1.54) is 11.0 Å². The number of rotatable bonds is 5. The second kappa shape index (κ2) is 6.86. The summed E-state index contributed by atoms with van der Waals surface area (Å²) in [6.45, 7) is 3.99. The van der Waals surface area contributed by atoms with Crippen molar-refractivity contribution in [2.75, 3.05) is 5.32 Å². The minimum Gasteiger partial charge on any atom is -0.437 e. The quantitative estimate of drug-likeness (QED) is 0.772. The molecule has 0 aliphatic heterocycles. The summed E-state index contributed by atoms with van der Waals surface area (Å²) in [6.07, 6.45) is 2.98. The van der Waals surface area contributed by atoms with Gasteiger partial charge in [0.15, 0.2) is 0 Å². The summed E-state index contributed by atoms with van der Waals surface area (Å²) in [7, 11) is 0. The molecule has 24 heavy (non-hydrogen) atoms. The molecule has 0 saturated heterocycles. The van der Waals surface area contributed by atoms with Crippen LogP contribution in [0.4, 0.5) is 5.69 Å². The zero-order valence-electron chi connectivity index (χ0n) is 13.3. The molecule has 0 aliphatic rings. The highest BCUT2D eigenvalue weighted by Crippen LogP contribution is 2.30. The molecule has 1 aromatic carbocycles. The summed E-state index contributed by atoms with van der Waals surface area (Å²) < 4.78 is 7.21. The molecule has 122 valence electrons. The molecular weight excluding hydrogens is 308 g/mol. The van der Waals surface area contributed by atoms with Crippen LogP contribution in [0.15, 0.2) is 42.9 Å². The normalized spacial score (nSPS) is 10.4. The monoisotopic (exact) mass is 324 g/mol. The van der Waals surface area contributed by atoms with Crippen LogP contribution in [0.5, 0.6) is 11.6 Å². The van der Waals surface area contributed by atoms with E-state index in [4.69, 9.17) is 4.74 Å². The molecule has 8 nitrogen and oxygen atoms in total. The SMILES string of the molecule is Cc1cccc(Oc2ncccc2NC(=O)Cn2cnnn2)c1C. The molecule has 0 unspecified atom stereocenters. The molecular formula is C16H16N6O2. The molecule has 0 bridgehead atoms. The summed E-state index contributed by atoms with van der Waals surface area (Å²) in [5, 5.41) is 13.4. The Hall–Kier alpha value is -3.29. The minimum atomic E-state index is -0.277. The van der Waals surface area contributed by atoms with Crippen molar-refractivity contribution in [1.29, 1.82) is 0 Å². The van der Waals surface area contributed by atoms with Crippen molar-refractivity contribution in [3.63, 3.8) is 0 Å².